The van der Waals surface area contributed by atoms with Crippen LogP contribution in [-0.2, 0) is 0 Å². The zero-order chi connectivity index (χ0) is 17.8. The van der Waals surface area contributed by atoms with E-state index in [0.29, 0.717) is 22.2 Å². The Labute approximate surface area is 147 Å². The highest BCUT2D eigenvalue weighted by Crippen LogP contribution is 2.33. The molecule has 1 aliphatic rings. The molecule has 124 valence electrons. The van der Waals surface area contributed by atoms with Gasteiger partial charge in [-0.1, -0.05) is 30.3 Å². The second kappa shape index (κ2) is 5.13. The summed E-state index contributed by atoms with van der Waals surface area (Å²) in [6.45, 7) is 0. The van der Waals surface area contributed by atoms with Crippen LogP contribution in [0, 0.1) is 0 Å². The van der Waals surface area contributed by atoms with Crippen molar-refractivity contribution in [2.75, 3.05) is 4.90 Å². The first-order valence-corrected chi connectivity index (χ1v) is 8.09. The molecule has 5 nitrogen and oxygen atoms in total. The van der Waals surface area contributed by atoms with Crippen LogP contribution in [0.2, 0.25) is 0 Å². The Bertz CT molecular complexity index is 1290. The van der Waals surface area contributed by atoms with E-state index >= 15 is 0 Å². The van der Waals surface area contributed by atoms with Crippen LogP contribution in [0.5, 0.6) is 0 Å². The molecule has 5 heteroatoms. The number of carbonyl (C=O) groups is 2. The Morgan fingerprint density at radius 2 is 1.42 bits per heavy atom. The first kappa shape index (κ1) is 14.6. The fourth-order valence-corrected chi connectivity index (χ4v) is 3.43. The maximum atomic E-state index is 13.0. The molecule has 0 fully saturated rings. The third-order valence-corrected chi connectivity index (χ3v) is 4.61. The van der Waals surface area contributed by atoms with Gasteiger partial charge in [-0.25, -0.2) is 4.90 Å². The summed E-state index contributed by atoms with van der Waals surface area (Å²) in [6.07, 6.45) is 0. The third-order valence-electron chi connectivity index (χ3n) is 4.61. The van der Waals surface area contributed by atoms with Crippen molar-refractivity contribution in [1.82, 2.24) is 0 Å². The first-order chi connectivity index (χ1) is 12.7. The van der Waals surface area contributed by atoms with Crippen molar-refractivity contribution < 1.29 is 14.0 Å². The fraction of sp³-hybridized carbons (Fsp3) is 0. The van der Waals surface area contributed by atoms with Crippen molar-refractivity contribution in [3.8, 4) is 0 Å². The van der Waals surface area contributed by atoms with E-state index in [0.717, 1.165) is 4.90 Å². The number of hydrogen-bond acceptors (Lipinski definition) is 4. The first-order valence-electron chi connectivity index (χ1n) is 8.09. The van der Waals surface area contributed by atoms with Crippen LogP contribution < -0.4 is 10.3 Å². The van der Waals surface area contributed by atoms with Gasteiger partial charge in [-0.3, -0.25) is 14.4 Å². The number of carbonyl (C=O) groups excluding carboxylic acids is 2. The monoisotopic (exact) mass is 341 g/mol. The predicted molar refractivity (Wildman–Crippen MR) is 97.6 cm³/mol. The second-order valence-electron chi connectivity index (χ2n) is 6.07. The largest absolute Gasteiger partial charge is 0.456 e. The molecule has 26 heavy (non-hydrogen) atoms. The van der Waals surface area contributed by atoms with Gasteiger partial charge in [-0.05, 0) is 36.4 Å². The lowest BCUT2D eigenvalue weighted by Gasteiger charge is -2.13. The van der Waals surface area contributed by atoms with Crippen LogP contribution in [0.4, 0.5) is 5.69 Å². The van der Waals surface area contributed by atoms with Crippen molar-refractivity contribution in [3.05, 3.63) is 88.1 Å². The van der Waals surface area contributed by atoms with Crippen molar-refractivity contribution in [3.63, 3.8) is 0 Å². The van der Waals surface area contributed by atoms with E-state index in [1.165, 1.54) is 0 Å². The van der Waals surface area contributed by atoms with Crippen LogP contribution in [0.3, 0.4) is 0 Å². The number of para-hydroxylation sites is 2. The second-order valence-corrected chi connectivity index (χ2v) is 6.07. The summed E-state index contributed by atoms with van der Waals surface area (Å²) in [5.41, 5.74) is 1.22. The van der Waals surface area contributed by atoms with Crippen molar-refractivity contribution in [2.24, 2.45) is 0 Å². The summed E-state index contributed by atoms with van der Waals surface area (Å²) in [5.74, 6) is -0.949. The van der Waals surface area contributed by atoms with Gasteiger partial charge in [0.2, 0.25) is 5.43 Å². The minimum absolute atomic E-state index is 0.107. The molecule has 3 aromatic carbocycles. The normalized spacial score (nSPS) is 13.6. The third kappa shape index (κ3) is 1.82. The van der Waals surface area contributed by atoms with Gasteiger partial charge in [-0.2, -0.15) is 0 Å². The molecule has 1 aliphatic heterocycles. The lowest BCUT2D eigenvalue weighted by atomic mass is 10.0. The summed E-state index contributed by atoms with van der Waals surface area (Å²) in [6, 6.07) is 18.6. The number of benzene rings is 3. The summed E-state index contributed by atoms with van der Waals surface area (Å²) in [7, 11) is 0. The average molecular weight is 341 g/mol. The summed E-state index contributed by atoms with van der Waals surface area (Å²) < 4.78 is 5.79. The molecule has 2 amide bonds. The summed E-state index contributed by atoms with van der Waals surface area (Å²) in [5, 5.41) is 0.532. The van der Waals surface area contributed by atoms with Crippen LogP contribution >= 0.6 is 0 Å². The molecule has 5 rings (SSSR count). The minimum atomic E-state index is -0.510. The van der Waals surface area contributed by atoms with Crippen molar-refractivity contribution in [2.45, 2.75) is 0 Å². The number of hydrogen-bond donors (Lipinski definition) is 0. The van der Waals surface area contributed by atoms with E-state index < -0.39 is 11.8 Å². The molecule has 0 radical (unpaired) electrons. The molecular weight excluding hydrogens is 330 g/mol. The average Bonchev–Trinajstić information content (AvgIpc) is 2.93. The fourth-order valence-electron chi connectivity index (χ4n) is 3.43. The molecule has 4 aromatic rings. The molecule has 0 aliphatic carbocycles. The summed E-state index contributed by atoms with van der Waals surface area (Å²) >= 11 is 0. The molecule has 0 saturated heterocycles. The SMILES string of the molecule is O=C1c2ccc3oc4ccccc4c(=O)c3c2C(=O)N1c1ccccc1. The van der Waals surface area contributed by atoms with Crippen LogP contribution in [0.15, 0.2) is 75.9 Å². The molecular formula is C21H11NO4. The number of anilines is 1. The highest BCUT2D eigenvalue weighted by atomic mass is 16.3. The van der Waals surface area contributed by atoms with E-state index in [1.54, 1.807) is 66.7 Å². The molecule has 0 saturated carbocycles. The molecule has 0 N–H and O–H groups in total. The van der Waals surface area contributed by atoms with E-state index in [2.05, 4.69) is 0 Å². The molecule has 0 atom stereocenters. The van der Waals surface area contributed by atoms with Crippen molar-refractivity contribution >= 4 is 39.4 Å². The highest BCUT2D eigenvalue weighted by molar-refractivity contribution is 6.37. The lowest BCUT2D eigenvalue weighted by Crippen LogP contribution is -2.29. The predicted octanol–water partition coefficient (Wildman–Crippen LogP) is 3.75. The van der Waals surface area contributed by atoms with Crippen molar-refractivity contribution in [1.29, 1.82) is 0 Å². The Hall–Kier alpha value is -3.73. The van der Waals surface area contributed by atoms with E-state index in [4.69, 9.17) is 4.42 Å². The van der Waals surface area contributed by atoms with E-state index in [1.807, 2.05) is 0 Å². The van der Waals surface area contributed by atoms with Gasteiger partial charge >= 0.3 is 0 Å². The lowest BCUT2D eigenvalue weighted by molar-refractivity contribution is 0.0926. The van der Waals surface area contributed by atoms with Crippen LogP contribution in [0.1, 0.15) is 20.7 Å². The van der Waals surface area contributed by atoms with Crippen LogP contribution in [0.25, 0.3) is 21.9 Å². The van der Waals surface area contributed by atoms with Gasteiger partial charge in [-0.15, -0.1) is 0 Å². The number of fused-ring (bicyclic) bond motifs is 4. The van der Waals surface area contributed by atoms with Gasteiger partial charge < -0.3 is 4.42 Å². The minimum Gasteiger partial charge on any atom is -0.456 e. The number of rotatable bonds is 1. The van der Waals surface area contributed by atoms with Gasteiger partial charge in [0.25, 0.3) is 11.8 Å². The highest BCUT2D eigenvalue weighted by Gasteiger charge is 2.39. The number of amides is 2. The van der Waals surface area contributed by atoms with E-state index in [9.17, 15) is 14.4 Å². The van der Waals surface area contributed by atoms with Crippen LogP contribution in [-0.4, -0.2) is 11.8 Å². The quantitative estimate of drug-likeness (QED) is 0.391. The van der Waals surface area contributed by atoms with Gasteiger partial charge in [0.1, 0.15) is 11.2 Å². The maximum Gasteiger partial charge on any atom is 0.267 e. The number of imide groups is 1. The summed E-state index contributed by atoms with van der Waals surface area (Å²) in [4.78, 5) is 39.9. The Morgan fingerprint density at radius 3 is 2.23 bits per heavy atom. The molecule has 0 bridgehead atoms. The molecule has 2 heterocycles. The Balaban J connectivity index is 1.85. The van der Waals surface area contributed by atoms with Gasteiger partial charge in [0.15, 0.2) is 0 Å². The zero-order valence-electron chi connectivity index (χ0n) is 13.4. The van der Waals surface area contributed by atoms with E-state index in [-0.39, 0.29) is 21.9 Å². The standard InChI is InChI=1S/C21H11NO4/c23-19-13-8-4-5-9-15(13)26-16-11-10-14-17(18(16)19)21(25)22(20(14)24)12-6-2-1-3-7-12/h1-11H. The molecule has 1 aromatic heterocycles. The smallest absolute Gasteiger partial charge is 0.267 e. The Kier molecular flexibility index (Phi) is 2.88. The maximum absolute atomic E-state index is 13.0. The molecule has 0 unspecified atom stereocenters. The van der Waals surface area contributed by atoms with Gasteiger partial charge in [0, 0.05) is 0 Å². The molecule has 0 spiro atoms. The zero-order valence-corrected chi connectivity index (χ0v) is 13.4. The topological polar surface area (TPSA) is 67.6 Å². The van der Waals surface area contributed by atoms with Gasteiger partial charge in [0.05, 0.1) is 27.6 Å². The number of nitrogens with zero attached hydrogens (tertiary/aromatic N) is 1. The Morgan fingerprint density at radius 1 is 0.692 bits per heavy atom.